The molecular weight excluding hydrogens is 336 g/mol. The normalized spacial score (nSPS) is 11.0. The van der Waals surface area contributed by atoms with Crippen molar-refractivity contribution in [2.24, 2.45) is 0 Å². The van der Waals surface area contributed by atoms with Crippen molar-refractivity contribution in [3.8, 4) is 11.5 Å². The lowest BCUT2D eigenvalue weighted by Crippen LogP contribution is -1.97. The molecule has 0 atom stereocenters. The molecule has 4 rings (SSSR count). The van der Waals surface area contributed by atoms with E-state index in [-0.39, 0.29) is 0 Å². The summed E-state index contributed by atoms with van der Waals surface area (Å²) in [7, 11) is 3.23. The molecule has 7 heteroatoms. The second-order valence-electron chi connectivity index (χ2n) is 5.46. The minimum Gasteiger partial charge on any atom is -0.493 e. The van der Waals surface area contributed by atoms with Crippen LogP contribution in [0.25, 0.3) is 21.1 Å². The molecule has 0 saturated heterocycles. The van der Waals surface area contributed by atoms with Gasteiger partial charge in [-0.15, -0.1) is 11.3 Å². The summed E-state index contributed by atoms with van der Waals surface area (Å²) in [5.41, 5.74) is 2.70. The number of fused-ring (bicyclic) bond motifs is 3. The van der Waals surface area contributed by atoms with Gasteiger partial charge in [0.15, 0.2) is 11.5 Å². The Morgan fingerprint density at radius 1 is 0.960 bits per heavy atom. The number of aryl methyl sites for hydroxylation is 1. The molecule has 0 fully saturated rings. The van der Waals surface area contributed by atoms with E-state index in [1.165, 1.54) is 0 Å². The monoisotopic (exact) mass is 352 g/mol. The summed E-state index contributed by atoms with van der Waals surface area (Å²) < 4.78 is 11.7. The Balaban J connectivity index is 1.85. The summed E-state index contributed by atoms with van der Waals surface area (Å²) in [6.07, 6.45) is 1.56. The topological polar surface area (TPSA) is 69.2 Å². The molecule has 0 amide bonds. The van der Waals surface area contributed by atoms with Crippen molar-refractivity contribution in [2.75, 3.05) is 19.5 Å². The number of rotatable bonds is 4. The van der Waals surface area contributed by atoms with Crippen LogP contribution in [0.2, 0.25) is 0 Å². The van der Waals surface area contributed by atoms with Crippen LogP contribution in [-0.2, 0) is 0 Å². The van der Waals surface area contributed by atoms with E-state index in [1.807, 2.05) is 37.3 Å². The van der Waals surface area contributed by atoms with Gasteiger partial charge in [0.2, 0.25) is 0 Å². The summed E-state index contributed by atoms with van der Waals surface area (Å²) in [5, 5.41) is 5.36. The fourth-order valence-corrected chi connectivity index (χ4v) is 3.75. The molecule has 0 unspecified atom stereocenters. The Bertz CT molecular complexity index is 1080. The van der Waals surface area contributed by atoms with Crippen LogP contribution in [0.4, 0.5) is 11.5 Å². The maximum absolute atomic E-state index is 5.37. The number of nitrogens with one attached hydrogen (secondary N) is 1. The smallest absolute Gasteiger partial charge is 0.162 e. The summed E-state index contributed by atoms with van der Waals surface area (Å²) in [6.45, 7) is 2.00. The number of benzene rings is 2. The van der Waals surface area contributed by atoms with Crippen molar-refractivity contribution in [3.05, 3.63) is 41.7 Å². The summed E-state index contributed by atoms with van der Waals surface area (Å²) in [4.78, 5) is 13.4. The highest BCUT2D eigenvalue weighted by molar-refractivity contribution is 7.19. The Morgan fingerprint density at radius 3 is 2.56 bits per heavy atom. The minimum absolute atomic E-state index is 0.657. The first kappa shape index (κ1) is 15.6. The highest BCUT2D eigenvalue weighted by Crippen LogP contribution is 2.35. The molecule has 0 bridgehead atoms. The third-order valence-corrected chi connectivity index (χ3v) is 4.91. The predicted octanol–water partition coefficient (Wildman–Crippen LogP) is 4.31. The number of nitrogens with zero attached hydrogens (tertiary/aromatic N) is 3. The van der Waals surface area contributed by atoms with Crippen LogP contribution in [0.3, 0.4) is 0 Å². The van der Waals surface area contributed by atoms with Crippen molar-refractivity contribution >= 4 is 44.0 Å². The summed E-state index contributed by atoms with van der Waals surface area (Å²) in [5.74, 6) is 2.08. The van der Waals surface area contributed by atoms with Crippen LogP contribution in [0.5, 0.6) is 11.5 Å². The van der Waals surface area contributed by atoms with Crippen molar-refractivity contribution in [2.45, 2.75) is 6.92 Å². The minimum atomic E-state index is 0.657. The van der Waals surface area contributed by atoms with Crippen LogP contribution < -0.4 is 14.8 Å². The second-order valence-corrected chi connectivity index (χ2v) is 6.66. The van der Waals surface area contributed by atoms with E-state index in [0.29, 0.717) is 11.5 Å². The Morgan fingerprint density at radius 2 is 1.76 bits per heavy atom. The lowest BCUT2D eigenvalue weighted by molar-refractivity contribution is 0.355. The third kappa shape index (κ3) is 2.72. The quantitative estimate of drug-likeness (QED) is 0.590. The van der Waals surface area contributed by atoms with Gasteiger partial charge in [-0.1, -0.05) is 0 Å². The number of aromatic nitrogens is 3. The molecule has 0 saturated carbocycles. The van der Waals surface area contributed by atoms with Crippen LogP contribution in [-0.4, -0.2) is 29.2 Å². The standard InChI is InChI=1S/C18H16N4O2S/c1-10-21-13-6-5-12-16(17(13)25-10)18(20-9-19-12)22-11-4-7-14(23-2)15(8-11)24-3/h4-9H,1-3H3,(H,19,20,22). The number of anilines is 2. The number of thiazole rings is 1. The van der Waals surface area contributed by atoms with Gasteiger partial charge in [-0.05, 0) is 31.2 Å². The Hall–Kier alpha value is -2.93. The van der Waals surface area contributed by atoms with Gasteiger partial charge in [0, 0.05) is 11.8 Å². The zero-order chi connectivity index (χ0) is 17.4. The van der Waals surface area contributed by atoms with E-state index in [1.54, 1.807) is 31.9 Å². The van der Waals surface area contributed by atoms with E-state index < -0.39 is 0 Å². The zero-order valence-electron chi connectivity index (χ0n) is 14.0. The maximum Gasteiger partial charge on any atom is 0.162 e. The third-order valence-electron chi connectivity index (χ3n) is 3.91. The predicted molar refractivity (Wildman–Crippen MR) is 100 cm³/mol. The van der Waals surface area contributed by atoms with Gasteiger partial charge in [-0.25, -0.2) is 15.0 Å². The van der Waals surface area contributed by atoms with Crippen molar-refractivity contribution in [1.82, 2.24) is 15.0 Å². The lowest BCUT2D eigenvalue weighted by Gasteiger charge is -2.12. The van der Waals surface area contributed by atoms with Crippen LogP contribution >= 0.6 is 11.3 Å². The van der Waals surface area contributed by atoms with E-state index >= 15 is 0 Å². The van der Waals surface area contributed by atoms with Gasteiger partial charge in [0.25, 0.3) is 0 Å². The molecule has 1 N–H and O–H groups in total. The fourth-order valence-electron chi connectivity index (χ4n) is 2.79. The molecule has 0 spiro atoms. The van der Waals surface area contributed by atoms with E-state index in [2.05, 4.69) is 20.3 Å². The van der Waals surface area contributed by atoms with Crippen LogP contribution in [0.15, 0.2) is 36.7 Å². The average molecular weight is 352 g/mol. The molecule has 2 aromatic carbocycles. The molecule has 0 radical (unpaired) electrons. The van der Waals surface area contributed by atoms with E-state index in [9.17, 15) is 0 Å². The summed E-state index contributed by atoms with van der Waals surface area (Å²) >= 11 is 1.64. The van der Waals surface area contributed by atoms with Crippen LogP contribution in [0.1, 0.15) is 5.01 Å². The molecule has 2 heterocycles. The number of hydrogen-bond donors (Lipinski definition) is 1. The molecule has 4 aromatic rings. The maximum atomic E-state index is 5.37. The van der Waals surface area contributed by atoms with Crippen LogP contribution in [0, 0.1) is 6.92 Å². The number of ether oxygens (including phenoxy) is 2. The average Bonchev–Trinajstić information content (AvgIpc) is 3.02. The van der Waals surface area contributed by atoms with Gasteiger partial charge in [-0.2, -0.15) is 0 Å². The number of hydrogen-bond acceptors (Lipinski definition) is 7. The first-order valence-electron chi connectivity index (χ1n) is 7.69. The first-order chi connectivity index (χ1) is 12.2. The number of methoxy groups -OCH3 is 2. The molecule has 0 aliphatic carbocycles. The molecule has 6 nitrogen and oxygen atoms in total. The van der Waals surface area contributed by atoms with Gasteiger partial charge < -0.3 is 14.8 Å². The molecule has 0 aliphatic heterocycles. The van der Waals surface area contributed by atoms with Gasteiger partial charge in [0.05, 0.1) is 40.3 Å². The Labute approximate surface area is 148 Å². The molecule has 2 aromatic heterocycles. The Kier molecular flexibility index (Phi) is 3.85. The van der Waals surface area contributed by atoms with E-state index in [0.717, 1.165) is 37.6 Å². The molecule has 0 aliphatic rings. The van der Waals surface area contributed by atoms with Crippen molar-refractivity contribution in [3.63, 3.8) is 0 Å². The lowest BCUT2D eigenvalue weighted by atomic mass is 10.2. The zero-order valence-corrected chi connectivity index (χ0v) is 14.8. The van der Waals surface area contributed by atoms with Gasteiger partial charge in [0.1, 0.15) is 12.1 Å². The van der Waals surface area contributed by atoms with Crippen molar-refractivity contribution < 1.29 is 9.47 Å². The molecule has 126 valence electrons. The highest BCUT2D eigenvalue weighted by Gasteiger charge is 2.12. The van der Waals surface area contributed by atoms with Crippen molar-refractivity contribution in [1.29, 1.82) is 0 Å². The highest BCUT2D eigenvalue weighted by atomic mass is 32.1. The van der Waals surface area contributed by atoms with Gasteiger partial charge >= 0.3 is 0 Å². The largest absolute Gasteiger partial charge is 0.493 e. The van der Waals surface area contributed by atoms with Gasteiger partial charge in [-0.3, -0.25) is 0 Å². The SMILES string of the molecule is COc1ccc(Nc2ncnc3ccc4nc(C)sc4c23)cc1OC. The fraction of sp³-hybridized carbons (Fsp3) is 0.167. The summed E-state index contributed by atoms with van der Waals surface area (Å²) in [6, 6.07) is 9.63. The second kappa shape index (κ2) is 6.18. The molecular formula is C18H16N4O2S. The molecule has 25 heavy (non-hydrogen) atoms. The first-order valence-corrected chi connectivity index (χ1v) is 8.51. The van der Waals surface area contributed by atoms with E-state index in [4.69, 9.17) is 9.47 Å².